The van der Waals surface area contributed by atoms with E-state index in [0.717, 1.165) is 25.0 Å². The summed E-state index contributed by atoms with van der Waals surface area (Å²) in [5, 5.41) is 7.68. The maximum absolute atomic E-state index is 13.0. The molecule has 0 heterocycles. The number of nitrogens with one attached hydrogen (secondary N) is 1. The number of aryl methyl sites for hydroxylation is 1. The maximum Gasteiger partial charge on any atom is 0.416 e. The van der Waals surface area contributed by atoms with E-state index in [2.05, 4.69) is 41.7 Å². The molecule has 156 valence electrons. The highest BCUT2D eigenvalue weighted by Crippen LogP contribution is 2.34. The lowest BCUT2D eigenvalue weighted by molar-refractivity contribution is -0.137. The molecule has 1 N–H and O–H groups in total. The lowest BCUT2D eigenvalue weighted by Crippen LogP contribution is -2.39. The van der Waals surface area contributed by atoms with Crippen molar-refractivity contribution in [3.63, 3.8) is 0 Å². The molecule has 0 fully saturated rings. The molecule has 1 aliphatic rings. The van der Waals surface area contributed by atoms with Gasteiger partial charge in [0.05, 0.1) is 5.56 Å². The Balaban J connectivity index is 1.43. The Morgan fingerprint density at radius 3 is 2.52 bits per heavy atom. The van der Waals surface area contributed by atoms with Gasteiger partial charge in [0, 0.05) is 11.6 Å². The molecular weight excluding hydrogens is 399 g/mol. The van der Waals surface area contributed by atoms with Crippen LogP contribution in [0.25, 0.3) is 21.5 Å². The molecule has 0 bridgehead atoms. The number of hydrogen-bond donors (Lipinski definition) is 1. The SMILES string of the molecule is O=C(NC1CCc2ccc3c(ccc4ccccc43)c2C1)c1cccc(C(F)(F)F)c1. The van der Waals surface area contributed by atoms with Crippen LogP contribution >= 0.6 is 0 Å². The quantitative estimate of drug-likeness (QED) is 0.380. The fraction of sp³-hybridized carbons (Fsp3) is 0.192. The molecule has 0 saturated carbocycles. The van der Waals surface area contributed by atoms with Gasteiger partial charge in [-0.05, 0) is 70.1 Å². The van der Waals surface area contributed by atoms with Crippen LogP contribution in [0.5, 0.6) is 0 Å². The molecule has 31 heavy (non-hydrogen) atoms. The van der Waals surface area contributed by atoms with Crippen LogP contribution in [-0.4, -0.2) is 11.9 Å². The first-order valence-corrected chi connectivity index (χ1v) is 10.3. The maximum atomic E-state index is 13.0. The molecule has 1 unspecified atom stereocenters. The first-order valence-electron chi connectivity index (χ1n) is 10.3. The molecule has 4 aromatic rings. The molecule has 4 aromatic carbocycles. The molecule has 5 heteroatoms. The first-order chi connectivity index (χ1) is 14.9. The molecular formula is C26H20F3NO. The van der Waals surface area contributed by atoms with Crippen molar-refractivity contribution in [1.82, 2.24) is 5.32 Å². The molecule has 0 aliphatic heterocycles. The number of benzene rings is 4. The predicted octanol–water partition coefficient (Wildman–Crippen LogP) is 6.30. The Morgan fingerprint density at radius 1 is 0.871 bits per heavy atom. The first kappa shape index (κ1) is 19.6. The van der Waals surface area contributed by atoms with E-state index in [1.54, 1.807) is 0 Å². The summed E-state index contributed by atoms with van der Waals surface area (Å²) in [6, 6.07) is 21.3. The van der Waals surface area contributed by atoms with Crippen LogP contribution in [0, 0.1) is 0 Å². The van der Waals surface area contributed by atoms with E-state index in [9.17, 15) is 18.0 Å². The van der Waals surface area contributed by atoms with Gasteiger partial charge in [-0.1, -0.05) is 54.6 Å². The van der Waals surface area contributed by atoms with Gasteiger partial charge in [0.2, 0.25) is 0 Å². The number of amides is 1. The van der Waals surface area contributed by atoms with Crippen LogP contribution in [0.2, 0.25) is 0 Å². The fourth-order valence-corrected chi connectivity index (χ4v) is 4.58. The number of fused-ring (bicyclic) bond motifs is 5. The van der Waals surface area contributed by atoms with Crippen molar-refractivity contribution >= 4 is 27.5 Å². The van der Waals surface area contributed by atoms with E-state index in [1.807, 2.05) is 12.1 Å². The number of hydrogen-bond acceptors (Lipinski definition) is 1. The van der Waals surface area contributed by atoms with Crippen LogP contribution in [0.3, 0.4) is 0 Å². The average Bonchev–Trinajstić information content (AvgIpc) is 2.78. The summed E-state index contributed by atoms with van der Waals surface area (Å²) in [6.07, 6.45) is -2.22. The van der Waals surface area contributed by atoms with Crippen molar-refractivity contribution < 1.29 is 18.0 Å². The smallest absolute Gasteiger partial charge is 0.349 e. The zero-order valence-electron chi connectivity index (χ0n) is 16.7. The molecule has 0 radical (unpaired) electrons. The molecule has 1 atom stereocenters. The van der Waals surface area contributed by atoms with Crippen LogP contribution in [0.1, 0.15) is 33.5 Å². The lowest BCUT2D eigenvalue weighted by Gasteiger charge is -2.27. The Hall–Kier alpha value is -3.34. The van der Waals surface area contributed by atoms with Gasteiger partial charge >= 0.3 is 6.18 Å². The molecule has 0 spiro atoms. The van der Waals surface area contributed by atoms with Crippen LogP contribution in [0.15, 0.2) is 72.8 Å². The Labute approximate surface area is 177 Å². The van der Waals surface area contributed by atoms with Gasteiger partial charge in [0.15, 0.2) is 0 Å². The second-order valence-electron chi connectivity index (χ2n) is 8.08. The molecule has 5 rings (SSSR count). The van der Waals surface area contributed by atoms with Gasteiger partial charge in [0.1, 0.15) is 0 Å². The van der Waals surface area contributed by atoms with E-state index in [4.69, 9.17) is 0 Å². The molecule has 0 saturated heterocycles. The van der Waals surface area contributed by atoms with E-state index in [0.29, 0.717) is 6.42 Å². The van der Waals surface area contributed by atoms with E-state index in [-0.39, 0.29) is 11.6 Å². The molecule has 2 nitrogen and oxygen atoms in total. The van der Waals surface area contributed by atoms with Gasteiger partial charge < -0.3 is 5.32 Å². The van der Waals surface area contributed by atoms with E-state index >= 15 is 0 Å². The Morgan fingerprint density at radius 2 is 1.68 bits per heavy atom. The van der Waals surface area contributed by atoms with Gasteiger partial charge in [-0.2, -0.15) is 13.2 Å². The molecule has 1 amide bonds. The topological polar surface area (TPSA) is 29.1 Å². The van der Waals surface area contributed by atoms with Gasteiger partial charge in [-0.15, -0.1) is 0 Å². The number of rotatable bonds is 2. The summed E-state index contributed by atoms with van der Waals surface area (Å²) < 4.78 is 38.9. The summed E-state index contributed by atoms with van der Waals surface area (Å²) in [5.74, 6) is -0.467. The van der Waals surface area contributed by atoms with Gasteiger partial charge in [-0.3, -0.25) is 4.79 Å². The highest BCUT2D eigenvalue weighted by molar-refractivity contribution is 6.08. The van der Waals surface area contributed by atoms with E-state index < -0.39 is 17.6 Å². The minimum Gasteiger partial charge on any atom is -0.349 e. The summed E-state index contributed by atoms with van der Waals surface area (Å²) in [7, 11) is 0. The molecule has 1 aliphatic carbocycles. The zero-order chi connectivity index (χ0) is 21.6. The van der Waals surface area contributed by atoms with Crippen molar-refractivity contribution in [2.75, 3.05) is 0 Å². The van der Waals surface area contributed by atoms with Crippen LogP contribution < -0.4 is 5.32 Å². The minimum atomic E-state index is -4.47. The minimum absolute atomic E-state index is 0.0320. The highest BCUT2D eigenvalue weighted by Gasteiger charge is 2.31. The monoisotopic (exact) mass is 419 g/mol. The van der Waals surface area contributed by atoms with Crippen molar-refractivity contribution in [3.05, 3.63) is 95.1 Å². The van der Waals surface area contributed by atoms with Crippen LogP contribution in [-0.2, 0) is 19.0 Å². The zero-order valence-corrected chi connectivity index (χ0v) is 16.7. The summed E-state index contributed by atoms with van der Waals surface area (Å²) in [5.41, 5.74) is 1.70. The third kappa shape index (κ3) is 3.65. The van der Waals surface area contributed by atoms with Crippen molar-refractivity contribution in [2.45, 2.75) is 31.5 Å². The standard InChI is InChI=1S/C26H20F3NO/c27-26(28,29)19-6-3-5-18(14-19)25(31)30-20-11-8-17-10-12-22-21-7-2-1-4-16(21)9-13-23(22)24(17)15-20/h1-7,9-10,12-14,20H,8,11,15H2,(H,30,31). The van der Waals surface area contributed by atoms with Crippen molar-refractivity contribution in [3.8, 4) is 0 Å². The number of carbonyl (C=O) groups is 1. The number of alkyl halides is 3. The second kappa shape index (κ2) is 7.41. The third-order valence-corrected chi connectivity index (χ3v) is 6.13. The fourth-order valence-electron chi connectivity index (χ4n) is 4.58. The summed E-state index contributed by atoms with van der Waals surface area (Å²) in [4.78, 5) is 12.7. The Kier molecular flexibility index (Phi) is 4.69. The summed E-state index contributed by atoms with van der Waals surface area (Å²) >= 11 is 0. The number of carbonyl (C=O) groups excluding carboxylic acids is 1. The van der Waals surface area contributed by atoms with Crippen molar-refractivity contribution in [2.24, 2.45) is 0 Å². The molecule has 0 aromatic heterocycles. The van der Waals surface area contributed by atoms with Gasteiger partial charge in [-0.25, -0.2) is 0 Å². The predicted molar refractivity (Wildman–Crippen MR) is 116 cm³/mol. The van der Waals surface area contributed by atoms with E-state index in [1.165, 1.54) is 44.8 Å². The second-order valence-corrected chi connectivity index (χ2v) is 8.08. The highest BCUT2D eigenvalue weighted by atomic mass is 19.4. The third-order valence-electron chi connectivity index (χ3n) is 6.13. The van der Waals surface area contributed by atoms with Crippen LogP contribution in [0.4, 0.5) is 13.2 Å². The lowest BCUT2D eigenvalue weighted by atomic mass is 9.84. The average molecular weight is 419 g/mol. The van der Waals surface area contributed by atoms with Gasteiger partial charge in [0.25, 0.3) is 5.91 Å². The number of halogens is 3. The normalized spacial score (nSPS) is 16.3. The summed E-state index contributed by atoms with van der Waals surface area (Å²) in [6.45, 7) is 0. The Bertz CT molecular complexity index is 1310. The van der Waals surface area contributed by atoms with Crippen molar-refractivity contribution in [1.29, 1.82) is 0 Å². The largest absolute Gasteiger partial charge is 0.416 e.